The number of benzene rings is 2. The molecule has 1 saturated heterocycles. The van der Waals surface area contributed by atoms with Crippen LogP contribution in [-0.4, -0.2) is 53.0 Å². The summed E-state index contributed by atoms with van der Waals surface area (Å²) in [7, 11) is 0.869. The number of methoxy groups -OCH3 is 3. The molecular formula is C22H27ClN2O6S. The Morgan fingerprint density at radius 3 is 2.38 bits per heavy atom. The van der Waals surface area contributed by atoms with E-state index in [2.05, 4.69) is 5.32 Å². The molecule has 0 bridgehead atoms. The third-order valence-corrected chi connectivity index (χ3v) is 7.58. The van der Waals surface area contributed by atoms with E-state index in [0.717, 1.165) is 5.56 Å². The summed E-state index contributed by atoms with van der Waals surface area (Å²) in [6.45, 7) is 0.709. The molecule has 32 heavy (non-hydrogen) atoms. The molecule has 8 nitrogen and oxygen atoms in total. The normalized spacial score (nSPS) is 16.9. The van der Waals surface area contributed by atoms with Gasteiger partial charge in [-0.1, -0.05) is 11.6 Å². The average Bonchev–Trinajstić information content (AvgIpc) is 2.82. The molecular weight excluding hydrogens is 456 g/mol. The second kappa shape index (κ2) is 10.4. The lowest BCUT2D eigenvalue weighted by Gasteiger charge is -2.31. The van der Waals surface area contributed by atoms with E-state index < -0.39 is 15.9 Å². The Morgan fingerprint density at radius 1 is 1.06 bits per heavy atom. The monoisotopic (exact) mass is 482 g/mol. The number of carbonyl (C=O) groups is 1. The number of piperidine rings is 1. The van der Waals surface area contributed by atoms with Gasteiger partial charge in [0.05, 0.1) is 32.1 Å². The lowest BCUT2D eigenvalue weighted by Crippen LogP contribution is -2.45. The molecule has 1 fully saturated rings. The highest BCUT2D eigenvalue weighted by Crippen LogP contribution is 2.39. The standard InChI is InChI=1S/C22H27ClN2O6S/c1-29-19-11-6-15(20(30-2)21(19)31-3)13-24-22(26)16-5-4-12-25(14-16)32(27,28)18-9-7-17(23)8-10-18/h6-11,16H,4-5,12-14H2,1-3H3,(H,24,26). The van der Waals surface area contributed by atoms with Crippen LogP contribution in [0.1, 0.15) is 18.4 Å². The van der Waals surface area contributed by atoms with Crippen molar-refractivity contribution in [3.63, 3.8) is 0 Å². The first-order valence-electron chi connectivity index (χ1n) is 10.1. The molecule has 1 aliphatic rings. The second-order valence-electron chi connectivity index (χ2n) is 7.37. The predicted octanol–water partition coefficient (Wildman–Crippen LogP) is 3.08. The predicted molar refractivity (Wildman–Crippen MR) is 121 cm³/mol. The van der Waals surface area contributed by atoms with Crippen LogP contribution in [0, 0.1) is 5.92 Å². The van der Waals surface area contributed by atoms with E-state index in [-0.39, 0.29) is 23.9 Å². The molecule has 3 rings (SSSR count). The summed E-state index contributed by atoms with van der Waals surface area (Å²) < 4.78 is 43.4. The fourth-order valence-corrected chi connectivity index (χ4v) is 5.41. The van der Waals surface area contributed by atoms with Crippen LogP contribution in [0.5, 0.6) is 17.2 Å². The zero-order valence-electron chi connectivity index (χ0n) is 18.3. The molecule has 1 aliphatic heterocycles. The number of hydrogen-bond donors (Lipinski definition) is 1. The molecule has 2 aromatic carbocycles. The van der Waals surface area contributed by atoms with E-state index in [0.29, 0.717) is 41.7 Å². The minimum absolute atomic E-state index is 0.125. The Bertz CT molecular complexity index is 1060. The van der Waals surface area contributed by atoms with Crippen molar-refractivity contribution in [2.24, 2.45) is 5.92 Å². The first-order chi connectivity index (χ1) is 15.3. The van der Waals surface area contributed by atoms with E-state index >= 15 is 0 Å². The van der Waals surface area contributed by atoms with Crippen molar-refractivity contribution in [1.82, 2.24) is 9.62 Å². The number of amides is 1. The smallest absolute Gasteiger partial charge is 0.243 e. The van der Waals surface area contributed by atoms with Crippen LogP contribution in [-0.2, 0) is 21.4 Å². The molecule has 1 heterocycles. The minimum Gasteiger partial charge on any atom is -0.493 e. The van der Waals surface area contributed by atoms with Gasteiger partial charge in [0.15, 0.2) is 11.5 Å². The van der Waals surface area contributed by atoms with Crippen molar-refractivity contribution in [3.05, 3.63) is 47.0 Å². The van der Waals surface area contributed by atoms with Crippen molar-refractivity contribution in [3.8, 4) is 17.2 Å². The summed E-state index contributed by atoms with van der Waals surface area (Å²) in [5, 5.41) is 3.36. The van der Waals surface area contributed by atoms with Gasteiger partial charge in [-0.15, -0.1) is 0 Å². The largest absolute Gasteiger partial charge is 0.493 e. The third-order valence-electron chi connectivity index (χ3n) is 5.45. The van der Waals surface area contributed by atoms with Gasteiger partial charge in [-0.2, -0.15) is 4.31 Å². The van der Waals surface area contributed by atoms with Gasteiger partial charge in [-0.25, -0.2) is 8.42 Å². The number of sulfonamides is 1. The van der Waals surface area contributed by atoms with E-state index in [9.17, 15) is 13.2 Å². The Morgan fingerprint density at radius 2 is 1.75 bits per heavy atom. The number of carbonyl (C=O) groups excluding carboxylic acids is 1. The van der Waals surface area contributed by atoms with Crippen LogP contribution < -0.4 is 19.5 Å². The van der Waals surface area contributed by atoms with E-state index in [1.54, 1.807) is 24.3 Å². The summed E-state index contributed by atoms with van der Waals surface area (Å²) in [6.07, 6.45) is 1.21. The van der Waals surface area contributed by atoms with Crippen molar-refractivity contribution < 1.29 is 27.4 Å². The van der Waals surface area contributed by atoms with Crippen LogP contribution in [0.2, 0.25) is 5.02 Å². The van der Waals surface area contributed by atoms with Gasteiger partial charge in [-0.05, 0) is 49.2 Å². The molecule has 1 amide bonds. The molecule has 2 aromatic rings. The van der Waals surface area contributed by atoms with Crippen LogP contribution in [0.3, 0.4) is 0 Å². The number of hydrogen-bond acceptors (Lipinski definition) is 6. The molecule has 0 radical (unpaired) electrons. The molecule has 174 valence electrons. The number of nitrogens with one attached hydrogen (secondary N) is 1. The quantitative estimate of drug-likeness (QED) is 0.621. The Balaban J connectivity index is 1.69. The van der Waals surface area contributed by atoms with Gasteiger partial charge in [0.25, 0.3) is 0 Å². The molecule has 0 aromatic heterocycles. The first kappa shape index (κ1) is 24.2. The van der Waals surface area contributed by atoms with Crippen LogP contribution in [0.25, 0.3) is 0 Å². The first-order valence-corrected chi connectivity index (χ1v) is 11.9. The Kier molecular flexibility index (Phi) is 7.86. The summed E-state index contributed by atoms with van der Waals surface area (Å²) in [6, 6.07) is 9.57. The maximum absolute atomic E-state index is 13.0. The summed E-state index contributed by atoms with van der Waals surface area (Å²) in [5.41, 5.74) is 0.722. The van der Waals surface area contributed by atoms with E-state index in [1.807, 2.05) is 0 Å². The van der Waals surface area contributed by atoms with Gasteiger partial charge >= 0.3 is 0 Å². The maximum Gasteiger partial charge on any atom is 0.243 e. The summed E-state index contributed by atoms with van der Waals surface area (Å²) in [4.78, 5) is 13.0. The van der Waals surface area contributed by atoms with Gasteiger partial charge in [-0.3, -0.25) is 4.79 Å². The van der Waals surface area contributed by atoms with Crippen molar-refractivity contribution in [2.75, 3.05) is 34.4 Å². The fraction of sp³-hybridized carbons (Fsp3) is 0.409. The van der Waals surface area contributed by atoms with Crippen molar-refractivity contribution >= 4 is 27.5 Å². The lowest BCUT2D eigenvalue weighted by atomic mass is 9.98. The topological polar surface area (TPSA) is 94.2 Å². The molecule has 1 N–H and O–H groups in total. The van der Waals surface area contributed by atoms with Crippen molar-refractivity contribution in [2.45, 2.75) is 24.3 Å². The minimum atomic E-state index is -3.70. The molecule has 1 unspecified atom stereocenters. The molecule has 0 spiro atoms. The molecule has 0 aliphatic carbocycles. The number of halogens is 1. The maximum atomic E-state index is 13.0. The number of rotatable bonds is 8. The zero-order chi connectivity index (χ0) is 23.3. The van der Waals surface area contributed by atoms with Crippen LogP contribution in [0.4, 0.5) is 0 Å². The number of nitrogens with zero attached hydrogens (tertiary/aromatic N) is 1. The number of ether oxygens (including phenoxy) is 3. The van der Waals surface area contributed by atoms with Gasteiger partial charge in [0.1, 0.15) is 0 Å². The SMILES string of the molecule is COc1ccc(CNC(=O)C2CCCN(S(=O)(=O)c3ccc(Cl)cc3)C2)c(OC)c1OC. The van der Waals surface area contributed by atoms with Gasteiger partial charge in [0, 0.05) is 30.2 Å². The van der Waals surface area contributed by atoms with Gasteiger partial charge in [0.2, 0.25) is 21.7 Å². The van der Waals surface area contributed by atoms with Crippen LogP contribution in [0.15, 0.2) is 41.3 Å². The highest BCUT2D eigenvalue weighted by atomic mass is 35.5. The summed E-state index contributed by atoms with van der Waals surface area (Å²) >= 11 is 5.87. The zero-order valence-corrected chi connectivity index (χ0v) is 19.8. The van der Waals surface area contributed by atoms with E-state index in [1.165, 1.54) is 37.8 Å². The van der Waals surface area contributed by atoms with Crippen LogP contribution >= 0.6 is 11.6 Å². The molecule has 10 heteroatoms. The average molecular weight is 483 g/mol. The second-order valence-corrected chi connectivity index (χ2v) is 9.74. The third kappa shape index (κ3) is 5.11. The lowest BCUT2D eigenvalue weighted by molar-refractivity contribution is -0.126. The van der Waals surface area contributed by atoms with Crippen molar-refractivity contribution in [1.29, 1.82) is 0 Å². The van der Waals surface area contributed by atoms with Gasteiger partial charge < -0.3 is 19.5 Å². The Labute approximate surface area is 193 Å². The summed E-state index contributed by atoms with van der Waals surface area (Å²) in [5.74, 6) is 0.784. The fourth-order valence-electron chi connectivity index (χ4n) is 3.76. The molecule has 1 atom stereocenters. The van der Waals surface area contributed by atoms with E-state index in [4.69, 9.17) is 25.8 Å². The Hall–Kier alpha value is -2.49. The molecule has 0 saturated carbocycles. The highest BCUT2D eigenvalue weighted by molar-refractivity contribution is 7.89. The highest BCUT2D eigenvalue weighted by Gasteiger charge is 2.33.